The maximum Gasteiger partial charge on any atom is 0.246 e. The molecule has 4 heteroatoms. The third-order valence-corrected chi connectivity index (χ3v) is 3.65. The van der Waals surface area contributed by atoms with Crippen molar-refractivity contribution < 1.29 is 9.72 Å². The molecule has 0 aromatic rings. The first-order valence-electron chi connectivity index (χ1n) is 9.50. The molecule has 0 aliphatic heterocycles. The topological polar surface area (TPSA) is 60.2 Å². The van der Waals surface area contributed by atoms with Gasteiger partial charge in [-0.2, -0.15) is 0 Å². The number of nitro groups is 1. The van der Waals surface area contributed by atoms with Gasteiger partial charge in [0.25, 0.3) is 0 Å². The molecular formula is C22H32NO3. The number of nitrogens with zero attached hydrogens (tertiary/aromatic N) is 1. The van der Waals surface area contributed by atoms with Crippen molar-refractivity contribution in [1.82, 2.24) is 0 Å². The first kappa shape index (κ1) is 23.8. The predicted octanol–water partition coefficient (Wildman–Crippen LogP) is 6.40. The van der Waals surface area contributed by atoms with Gasteiger partial charge in [0, 0.05) is 6.42 Å². The highest BCUT2D eigenvalue weighted by Crippen LogP contribution is 2.07. The summed E-state index contributed by atoms with van der Waals surface area (Å²) in [6.07, 6.45) is 27.9. The van der Waals surface area contributed by atoms with Crippen LogP contribution in [0.25, 0.3) is 0 Å². The summed E-state index contributed by atoms with van der Waals surface area (Å²) in [6, 6.07) is 0. The van der Waals surface area contributed by atoms with Crippen molar-refractivity contribution in [2.45, 2.75) is 71.1 Å². The highest BCUT2D eigenvalue weighted by molar-refractivity contribution is 5.50. The second-order valence-electron chi connectivity index (χ2n) is 5.93. The van der Waals surface area contributed by atoms with Gasteiger partial charge in [-0.25, -0.2) is 0 Å². The predicted molar refractivity (Wildman–Crippen MR) is 109 cm³/mol. The third-order valence-electron chi connectivity index (χ3n) is 3.65. The van der Waals surface area contributed by atoms with Gasteiger partial charge in [-0.1, -0.05) is 68.4 Å². The molecule has 0 aromatic heterocycles. The minimum Gasteiger partial charge on any atom is -0.291 e. The summed E-state index contributed by atoms with van der Waals surface area (Å²) in [4.78, 5) is 20.8. The molecule has 0 saturated heterocycles. The zero-order valence-electron chi connectivity index (χ0n) is 15.9. The van der Waals surface area contributed by atoms with E-state index in [1.807, 2.05) is 42.7 Å². The van der Waals surface area contributed by atoms with Crippen molar-refractivity contribution >= 4 is 6.29 Å². The highest BCUT2D eigenvalue weighted by Gasteiger charge is 2.06. The minimum atomic E-state index is -0.293. The summed E-state index contributed by atoms with van der Waals surface area (Å²) in [5.74, 6) is 0. The van der Waals surface area contributed by atoms with E-state index >= 15 is 0 Å². The van der Waals surface area contributed by atoms with Crippen LogP contribution in [-0.2, 0) is 4.79 Å². The number of rotatable bonds is 16. The van der Waals surface area contributed by atoms with Crippen LogP contribution in [0.1, 0.15) is 71.1 Å². The van der Waals surface area contributed by atoms with E-state index in [4.69, 9.17) is 0 Å². The van der Waals surface area contributed by atoms with E-state index in [9.17, 15) is 14.9 Å². The Morgan fingerprint density at radius 1 is 0.885 bits per heavy atom. The van der Waals surface area contributed by atoms with Gasteiger partial charge in [-0.05, 0) is 44.6 Å². The second-order valence-corrected chi connectivity index (χ2v) is 5.93. The molecule has 1 radical (unpaired) electrons. The fourth-order valence-corrected chi connectivity index (χ4v) is 2.17. The van der Waals surface area contributed by atoms with Gasteiger partial charge in [0.15, 0.2) is 6.29 Å². The average molecular weight is 359 g/mol. The van der Waals surface area contributed by atoms with Crippen LogP contribution < -0.4 is 0 Å². The zero-order chi connectivity index (χ0) is 19.3. The van der Waals surface area contributed by atoms with Gasteiger partial charge in [0.05, 0.1) is 11.3 Å². The number of unbranched alkanes of at least 4 members (excludes halogenated alkanes) is 4. The molecule has 4 nitrogen and oxygen atoms in total. The van der Waals surface area contributed by atoms with Gasteiger partial charge in [-0.3, -0.25) is 14.9 Å². The van der Waals surface area contributed by atoms with E-state index in [2.05, 4.69) is 19.1 Å². The molecule has 0 saturated carbocycles. The molecule has 0 amide bonds. The molecule has 26 heavy (non-hydrogen) atoms. The highest BCUT2D eigenvalue weighted by atomic mass is 16.6. The number of hydrogen-bond donors (Lipinski definition) is 0. The van der Waals surface area contributed by atoms with Crippen molar-refractivity contribution in [2.24, 2.45) is 0 Å². The molecular weight excluding hydrogens is 326 g/mol. The van der Waals surface area contributed by atoms with Crippen molar-refractivity contribution in [3.8, 4) is 0 Å². The number of carbonyl (C=O) groups excluding carboxylic acids is 1. The van der Waals surface area contributed by atoms with Crippen LogP contribution in [0, 0.1) is 10.1 Å². The Morgan fingerprint density at radius 3 is 2.12 bits per heavy atom. The summed E-state index contributed by atoms with van der Waals surface area (Å²) in [6.45, 7) is 2.16. The zero-order valence-corrected chi connectivity index (χ0v) is 15.9. The molecule has 0 unspecified atom stereocenters. The van der Waals surface area contributed by atoms with Crippen LogP contribution in [-0.4, -0.2) is 11.2 Å². The molecule has 0 atom stereocenters. The fourth-order valence-electron chi connectivity index (χ4n) is 2.17. The lowest BCUT2D eigenvalue weighted by molar-refractivity contribution is -0.427. The SMILES string of the molecule is CCCCC/C=C/C/C(=C/C/C=C/C/C=C/C/C=C/CC[C]=O)[N+](=O)[O-]. The molecule has 143 valence electrons. The number of hydrogen-bond acceptors (Lipinski definition) is 3. The Labute approximate surface area is 158 Å². The molecule has 0 fully saturated rings. The summed E-state index contributed by atoms with van der Waals surface area (Å²) >= 11 is 0. The van der Waals surface area contributed by atoms with E-state index in [0.29, 0.717) is 19.3 Å². The van der Waals surface area contributed by atoms with Gasteiger partial charge in [0.1, 0.15) is 0 Å². The maximum atomic E-state index is 11.0. The second kappa shape index (κ2) is 19.1. The average Bonchev–Trinajstić information content (AvgIpc) is 2.63. The van der Waals surface area contributed by atoms with Crippen LogP contribution in [0.15, 0.2) is 60.4 Å². The first-order chi connectivity index (χ1) is 12.7. The van der Waals surface area contributed by atoms with Crippen molar-refractivity contribution in [2.75, 3.05) is 0 Å². The molecule has 0 rings (SSSR count). The Bertz CT molecular complexity index is 513. The van der Waals surface area contributed by atoms with E-state index in [-0.39, 0.29) is 10.6 Å². The molecule has 0 heterocycles. The lowest BCUT2D eigenvalue weighted by atomic mass is 10.2. The molecule has 0 aliphatic carbocycles. The smallest absolute Gasteiger partial charge is 0.246 e. The van der Waals surface area contributed by atoms with E-state index in [1.54, 1.807) is 6.08 Å². The summed E-state index contributed by atoms with van der Waals surface area (Å²) in [7, 11) is 0. The molecule has 0 bridgehead atoms. The Balaban J connectivity index is 4.00. The Hall–Kier alpha value is -2.23. The van der Waals surface area contributed by atoms with Gasteiger partial charge in [-0.15, -0.1) is 0 Å². The van der Waals surface area contributed by atoms with E-state index in [1.165, 1.54) is 12.8 Å². The van der Waals surface area contributed by atoms with Gasteiger partial charge >= 0.3 is 0 Å². The first-order valence-corrected chi connectivity index (χ1v) is 9.50. The van der Waals surface area contributed by atoms with Crippen LogP contribution in [0.5, 0.6) is 0 Å². The summed E-state index contributed by atoms with van der Waals surface area (Å²) in [5.41, 5.74) is 0.259. The van der Waals surface area contributed by atoms with Crippen molar-refractivity contribution in [3.63, 3.8) is 0 Å². The van der Waals surface area contributed by atoms with Crippen LogP contribution >= 0.6 is 0 Å². The Morgan fingerprint density at radius 2 is 1.50 bits per heavy atom. The molecule has 0 aromatic carbocycles. The summed E-state index contributed by atoms with van der Waals surface area (Å²) < 4.78 is 0. The largest absolute Gasteiger partial charge is 0.291 e. The van der Waals surface area contributed by atoms with Crippen LogP contribution in [0.3, 0.4) is 0 Å². The minimum absolute atomic E-state index is 0.259. The lowest BCUT2D eigenvalue weighted by Crippen LogP contribution is -1.97. The third kappa shape index (κ3) is 16.6. The maximum absolute atomic E-state index is 11.0. The van der Waals surface area contributed by atoms with Crippen molar-refractivity contribution in [3.05, 3.63) is 70.5 Å². The van der Waals surface area contributed by atoms with Crippen molar-refractivity contribution in [1.29, 1.82) is 0 Å². The molecule has 0 N–H and O–H groups in total. The van der Waals surface area contributed by atoms with Gasteiger partial charge < -0.3 is 0 Å². The van der Waals surface area contributed by atoms with Gasteiger partial charge in [0.2, 0.25) is 5.70 Å². The standard InChI is InChI=1S/C22H32NO3/c1-2-3-4-5-13-16-19-22(23(25)26)20-17-14-11-9-7-6-8-10-12-15-18-21-24/h6-7,10-14,16,20H,2-5,8-9,15,17-19H2,1H3/b7-6+,12-10+,14-11+,16-13+,22-20-. The van der Waals surface area contributed by atoms with Crippen LogP contribution in [0.4, 0.5) is 0 Å². The normalized spacial score (nSPS) is 12.9. The van der Waals surface area contributed by atoms with E-state index in [0.717, 1.165) is 32.1 Å². The molecule has 0 aliphatic rings. The fraction of sp³-hybridized carbons (Fsp3) is 0.500. The monoisotopic (exact) mass is 358 g/mol. The Kier molecular flexibility index (Phi) is 17.5. The lowest BCUT2D eigenvalue weighted by Gasteiger charge is -1.94. The molecule has 0 spiro atoms. The quantitative estimate of drug-likeness (QED) is 0.139. The van der Waals surface area contributed by atoms with E-state index < -0.39 is 0 Å². The summed E-state index contributed by atoms with van der Waals surface area (Å²) in [5, 5.41) is 11.0. The van der Waals surface area contributed by atoms with Crippen LogP contribution in [0.2, 0.25) is 0 Å². The number of allylic oxidation sites excluding steroid dienone is 9.